The normalized spacial score (nSPS) is 13.4. The van der Waals surface area contributed by atoms with Gasteiger partial charge in [0.1, 0.15) is 11.5 Å². The molecule has 1 aliphatic rings. The fourth-order valence-corrected chi connectivity index (χ4v) is 4.02. The minimum absolute atomic E-state index is 0.0856. The Kier molecular flexibility index (Phi) is 4.80. The number of aryl methyl sites for hydroxylation is 1. The zero-order valence-corrected chi connectivity index (χ0v) is 15.6. The molecule has 1 atom stereocenters. The van der Waals surface area contributed by atoms with Crippen molar-refractivity contribution >= 4 is 11.8 Å². The lowest BCUT2D eigenvalue weighted by Gasteiger charge is -2.23. The van der Waals surface area contributed by atoms with Crippen LogP contribution in [0.25, 0.3) is 0 Å². The van der Waals surface area contributed by atoms with E-state index in [9.17, 15) is 24.9 Å². The van der Waals surface area contributed by atoms with E-state index < -0.39 is 17.7 Å². The highest BCUT2D eigenvalue weighted by Gasteiger charge is 2.32. The minimum Gasteiger partial charge on any atom is -0.507 e. The van der Waals surface area contributed by atoms with E-state index in [1.807, 2.05) is 30.3 Å². The van der Waals surface area contributed by atoms with Gasteiger partial charge >= 0.3 is 5.97 Å². The van der Waals surface area contributed by atoms with Crippen LogP contribution in [-0.4, -0.2) is 27.1 Å². The van der Waals surface area contributed by atoms with Crippen molar-refractivity contribution < 1.29 is 24.9 Å². The monoisotopic (exact) mass is 388 g/mol. The van der Waals surface area contributed by atoms with Crippen LogP contribution in [0.15, 0.2) is 60.7 Å². The number of phenols is 2. The molecule has 1 aliphatic carbocycles. The van der Waals surface area contributed by atoms with Crippen LogP contribution in [0.1, 0.15) is 50.5 Å². The number of phenolic OH excluding ortho intramolecular Hbond substituents is 2. The van der Waals surface area contributed by atoms with Gasteiger partial charge in [0.25, 0.3) is 0 Å². The second-order valence-corrected chi connectivity index (χ2v) is 7.27. The summed E-state index contributed by atoms with van der Waals surface area (Å²) < 4.78 is 0. The Morgan fingerprint density at radius 3 is 2.34 bits per heavy atom. The molecule has 5 nitrogen and oxygen atoms in total. The van der Waals surface area contributed by atoms with Gasteiger partial charge < -0.3 is 15.3 Å². The number of carbonyl (C=O) groups is 2. The molecule has 0 bridgehead atoms. The van der Waals surface area contributed by atoms with Crippen LogP contribution in [0, 0.1) is 0 Å². The Morgan fingerprint density at radius 1 is 0.897 bits per heavy atom. The van der Waals surface area contributed by atoms with Crippen molar-refractivity contribution in [3.8, 4) is 11.5 Å². The molecule has 29 heavy (non-hydrogen) atoms. The molecule has 5 heteroatoms. The first kappa shape index (κ1) is 18.7. The summed E-state index contributed by atoms with van der Waals surface area (Å²) in [5.41, 5.74) is 2.80. The summed E-state index contributed by atoms with van der Waals surface area (Å²) in [6, 6.07) is 17.7. The molecule has 0 spiro atoms. The van der Waals surface area contributed by atoms with Crippen molar-refractivity contribution in [1.29, 1.82) is 0 Å². The van der Waals surface area contributed by atoms with Crippen LogP contribution < -0.4 is 0 Å². The fraction of sp³-hybridized carbons (Fsp3) is 0.167. The van der Waals surface area contributed by atoms with Gasteiger partial charge in [0.2, 0.25) is 5.78 Å². The molecule has 0 saturated heterocycles. The lowest BCUT2D eigenvalue weighted by molar-refractivity contribution is -0.139. The predicted octanol–water partition coefficient (Wildman–Crippen LogP) is 4.03. The average molecular weight is 388 g/mol. The molecule has 0 aliphatic heterocycles. The van der Waals surface area contributed by atoms with E-state index in [4.69, 9.17) is 0 Å². The van der Waals surface area contributed by atoms with Crippen molar-refractivity contribution in [2.24, 2.45) is 0 Å². The molecule has 3 N–H and O–H groups in total. The number of hydrogen-bond donors (Lipinski definition) is 3. The molecule has 0 radical (unpaired) electrons. The molecular weight excluding hydrogens is 368 g/mol. The molecule has 146 valence electrons. The average Bonchev–Trinajstić information content (AvgIpc) is 2.70. The van der Waals surface area contributed by atoms with E-state index in [2.05, 4.69) is 0 Å². The smallest absolute Gasteiger partial charge is 0.311 e. The summed E-state index contributed by atoms with van der Waals surface area (Å²) in [6.07, 6.45) is 1.22. The minimum atomic E-state index is -1.05. The SMILES string of the molecule is O=C1c2c(O)cccc2Cc2ccc([C@@H](CCc3ccccc3)C(=O)O)c(O)c21. The molecule has 4 rings (SSSR count). The second kappa shape index (κ2) is 7.43. The Balaban J connectivity index is 1.71. The fourth-order valence-electron chi connectivity index (χ4n) is 4.02. The maximum Gasteiger partial charge on any atom is 0.311 e. The van der Waals surface area contributed by atoms with E-state index in [1.165, 1.54) is 6.07 Å². The molecular formula is C24H20O5. The van der Waals surface area contributed by atoms with Gasteiger partial charge in [-0.2, -0.15) is 0 Å². The van der Waals surface area contributed by atoms with Gasteiger partial charge in [-0.3, -0.25) is 9.59 Å². The molecule has 0 fully saturated rings. The molecule has 0 aromatic heterocycles. The summed E-state index contributed by atoms with van der Waals surface area (Å²) >= 11 is 0. The van der Waals surface area contributed by atoms with E-state index in [0.717, 1.165) is 5.56 Å². The van der Waals surface area contributed by atoms with Crippen molar-refractivity contribution in [2.45, 2.75) is 25.2 Å². The third-order valence-electron chi connectivity index (χ3n) is 5.50. The van der Waals surface area contributed by atoms with Crippen molar-refractivity contribution in [3.05, 3.63) is 94.0 Å². The maximum atomic E-state index is 13.0. The highest BCUT2D eigenvalue weighted by Crippen LogP contribution is 2.40. The zero-order valence-electron chi connectivity index (χ0n) is 15.6. The first-order valence-corrected chi connectivity index (χ1v) is 9.44. The Bertz CT molecular complexity index is 1100. The molecule has 0 amide bonds. The van der Waals surface area contributed by atoms with Crippen LogP contribution in [0.2, 0.25) is 0 Å². The van der Waals surface area contributed by atoms with Crippen LogP contribution >= 0.6 is 0 Å². The third-order valence-corrected chi connectivity index (χ3v) is 5.50. The number of rotatable bonds is 5. The van der Waals surface area contributed by atoms with Crippen molar-refractivity contribution in [3.63, 3.8) is 0 Å². The molecule has 0 saturated carbocycles. The van der Waals surface area contributed by atoms with Gasteiger partial charge in [0, 0.05) is 5.56 Å². The highest BCUT2D eigenvalue weighted by molar-refractivity contribution is 6.15. The first-order chi connectivity index (χ1) is 14.0. The van der Waals surface area contributed by atoms with Gasteiger partial charge in [0.15, 0.2) is 0 Å². The van der Waals surface area contributed by atoms with E-state index in [-0.39, 0.29) is 28.2 Å². The number of aliphatic carboxylic acids is 1. The molecule has 3 aromatic carbocycles. The number of ketones is 1. The van der Waals surface area contributed by atoms with Crippen molar-refractivity contribution in [1.82, 2.24) is 0 Å². The number of benzene rings is 3. The lowest BCUT2D eigenvalue weighted by Crippen LogP contribution is -2.19. The predicted molar refractivity (Wildman–Crippen MR) is 108 cm³/mol. The van der Waals surface area contributed by atoms with Gasteiger partial charge in [-0.25, -0.2) is 0 Å². The van der Waals surface area contributed by atoms with E-state index >= 15 is 0 Å². The van der Waals surface area contributed by atoms with Gasteiger partial charge in [-0.15, -0.1) is 0 Å². The van der Waals surface area contributed by atoms with E-state index in [0.29, 0.717) is 30.4 Å². The molecule has 3 aromatic rings. The number of carboxylic acid groups (broad SMARTS) is 1. The Labute approximate surface area is 167 Å². The van der Waals surface area contributed by atoms with E-state index in [1.54, 1.807) is 24.3 Å². The number of aromatic hydroxyl groups is 2. The molecule has 0 heterocycles. The lowest BCUT2D eigenvalue weighted by atomic mass is 9.81. The van der Waals surface area contributed by atoms with Crippen LogP contribution in [0.5, 0.6) is 11.5 Å². The summed E-state index contributed by atoms with van der Waals surface area (Å²) in [5.74, 6) is -2.92. The Morgan fingerprint density at radius 2 is 1.62 bits per heavy atom. The van der Waals surface area contributed by atoms with Crippen LogP contribution in [0.4, 0.5) is 0 Å². The largest absolute Gasteiger partial charge is 0.507 e. The quantitative estimate of drug-likeness (QED) is 0.480. The summed E-state index contributed by atoms with van der Waals surface area (Å²) in [4.78, 5) is 24.9. The van der Waals surface area contributed by atoms with Gasteiger partial charge in [-0.1, -0.05) is 54.6 Å². The third kappa shape index (κ3) is 3.36. The standard InChI is InChI=1S/C24H20O5/c25-19-8-4-7-15-13-16-10-12-17(22(26)21(16)23(27)20(15)19)18(24(28)29)11-9-14-5-2-1-3-6-14/h1-8,10,12,18,25-26H,9,11,13H2,(H,28,29)/t18-/m1/s1. The highest BCUT2D eigenvalue weighted by atomic mass is 16.4. The maximum absolute atomic E-state index is 13.0. The molecule has 0 unspecified atom stereocenters. The first-order valence-electron chi connectivity index (χ1n) is 9.44. The topological polar surface area (TPSA) is 94.8 Å². The van der Waals surface area contributed by atoms with Gasteiger partial charge in [-0.05, 0) is 42.0 Å². The zero-order chi connectivity index (χ0) is 20.5. The number of hydrogen-bond acceptors (Lipinski definition) is 4. The number of carbonyl (C=O) groups excluding carboxylic acids is 1. The van der Waals surface area contributed by atoms with Gasteiger partial charge in [0.05, 0.1) is 17.0 Å². The number of fused-ring (bicyclic) bond motifs is 2. The summed E-state index contributed by atoms with van der Waals surface area (Å²) in [7, 11) is 0. The van der Waals surface area contributed by atoms with Crippen molar-refractivity contribution in [2.75, 3.05) is 0 Å². The summed E-state index contributed by atoms with van der Waals surface area (Å²) in [5, 5.41) is 30.8. The van der Waals surface area contributed by atoms with Crippen LogP contribution in [0.3, 0.4) is 0 Å². The Hall–Kier alpha value is -3.60. The van der Waals surface area contributed by atoms with Crippen LogP contribution in [-0.2, 0) is 17.6 Å². The second-order valence-electron chi connectivity index (χ2n) is 7.27. The summed E-state index contributed by atoms with van der Waals surface area (Å²) in [6.45, 7) is 0. The number of carboxylic acids is 1.